The second-order valence-electron chi connectivity index (χ2n) is 3.68. The van der Waals surface area contributed by atoms with Crippen LogP contribution in [-0.2, 0) is 10.0 Å². The molecule has 0 spiro atoms. The van der Waals surface area contributed by atoms with E-state index in [1.54, 1.807) is 0 Å². The van der Waals surface area contributed by atoms with Crippen LogP contribution in [0, 0.1) is 11.6 Å². The van der Waals surface area contributed by atoms with Gasteiger partial charge in [-0.05, 0) is 18.2 Å². The molecule has 1 aromatic heterocycles. The molecule has 0 aliphatic rings. The average molecular weight is 319 g/mol. The summed E-state index contributed by atoms with van der Waals surface area (Å²) in [6.07, 6.45) is 0. The molecule has 0 aliphatic carbocycles. The summed E-state index contributed by atoms with van der Waals surface area (Å²) in [6.45, 7) is 0. The number of halogens is 2. The van der Waals surface area contributed by atoms with E-state index in [2.05, 4.69) is 0 Å². The maximum atomic E-state index is 13.4. The van der Waals surface area contributed by atoms with Gasteiger partial charge in [-0.3, -0.25) is 4.72 Å². The second-order valence-corrected chi connectivity index (χ2v) is 6.28. The van der Waals surface area contributed by atoms with Crippen molar-refractivity contribution in [3.8, 4) is 0 Å². The first-order valence-electron chi connectivity index (χ1n) is 5.09. The summed E-state index contributed by atoms with van der Waals surface area (Å²) in [5.41, 5.74) is -0.422. The van der Waals surface area contributed by atoms with Gasteiger partial charge in [0.15, 0.2) is 0 Å². The molecule has 2 rings (SSSR count). The number of benzene rings is 1. The molecule has 0 atom stereocenters. The zero-order valence-electron chi connectivity index (χ0n) is 9.63. The fraction of sp³-hybridized carbons (Fsp3) is 0. The molecule has 0 unspecified atom stereocenters. The molecule has 2 N–H and O–H groups in total. The van der Waals surface area contributed by atoms with E-state index in [9.17, 15) is 22.0 Å². The van der Waals surface area contributed by atoms with Crippen LogP contribution in [-0.4, -0.2) is 19.5 Å². The molecule has 20 heavy (non-hydrogen) atoms. The minimum absolute atomic E-state index is 0.162. The number of anilines is 1. The zero-order chi connectivity index (χ0) is 14.9. The molecule has 0 amide bonds. The molecule has 106 valence electrons. The summed E-state index contributed by atoms with van der Waals surface area (Å²) in [5.74, 6) is -3.17. The number of thiophene rings is 1. The van der Waals surface area contributed by atoms with Crippen molar-refractivity contribution in [1.82, 2.24) is 0 Å². The van der Waals surface area contributed by atoms with Crippen LogP contribution in [0.2, 0.25) is 0 Å². The fourth-order valence-electron chi connectivity index (χ4n) is 1.35. The lowest BCUT2D eigenvalue weighted by atomic mass is 10.3. The van der Waals surface area contributed by atoms with E-state index in [1.165, 1.54) is 0 Å². The van der Waals surface area contributed by atoms with Crippen LogP contribution >= 0.6 is 11.3 Å². The number of hydrogen-bond acceptors (Lipinski definition) is 4. The van der Waals surface area contributed by atoms with Crippen molar-refractivity contribution >= 4 is 33.0 Å². The van der Waals surface area contributed by atoms with Gasteiger partial charge in [0.05, 0.1) is 10.6 Å². The third-order valence-electron chi connectivity index (χ3n) is 2.27. The highest BCUT2D eigenvalue weighted by Gasteiger charge is 2.20. The van der Waals surface area contributed by atoms with Gasteiger partial charge in [-0.1, -0.05) is 0 Å². The molecule has 0 aliphatic heterocycles. The van der Waals surface area contributed by atoms with Gasteiger partial charge in [0.2, 0.25) is 0 Å². The molecular formula is C11H7F2NO4S2. The fourth-order valence-corrected chi connectivity index (χ4v) is 3.53. The third kappa shape index (κ3) is 2.94. The van der Waals surface area contributed by atoms with Crippen molar-refractivity contribution in [3.05, 3.63) is 46.2 Å². The summed E-state index contributed by atoms with van der Waals surface area (Å²) in [5, 5.41) is 9.84. The van der Waals surface area contributed by atoms with Crippen molar-refractivity contribution in [1.29, 1.82) is 0 Å². The lowest BCUT2D eigenvalue weighted by Crippen LogP contribution is -2.13. The van der Waals surface area contributed by atoms with Gasteiger partial charge in [-0.25, -0.2) is 22.0 Å². The minimum atomic E-state index is -4.13. The SMILES string of the molecule is O=C(O)c1cc(S(=O)(=O)Nc2ccc(F)cc2F)cs1. The Bertz CT molecular complexity index is 770. The summed E-state index contributed by atoms with van der Waals surface area (Å²) >= 11 is 0.729. The normalized spacial score (nSPS) is 11.3. The Kier molecular flexibility index (Phi) is 3.73. The topological polar surface area (TPSA) is 83.5 Å². The standard InChI is InChI=1S/C11H7F2NO4S2/c12-6-1-2-9(8(13)3-6)14-20(17,18)7-4-10(11(15)16)19-5-7/h1-5,14H,(H,15,16). The van der Waals surface area contributed by atoms with Crippen LogP contribution in [0.3, 0.4) is 0 Å². The number of carbonyl (C=O) groups is 1. The monoisotopic (exact) mass is 319 g/mol. The number of rotatable bonds is 4. The maximum absolute atomic E-state index is 13.4. The van der Waals surface area contributed by atoms with Crippen molar-refractivity contribution in [2.45, 2.75) is 4.90 Å². The first-order chi connectivity index (χ1) is 9.29. The lowest BCUT2D eigenvalue weighted by molar-refractivity contribution is 0.0702. The smallest absolute Gasteiger partial charge is 0.345 e. The number of carboxylic acid groups (broad SMARTS) is 1. The van der Waals surface area contributed by atoms with Crippen LogP contribution in [0.4, 0.5) is 14.5 Å². The molecule has 0 fully saturated rings. The Labute approximate surface area is 116 Å². The number of carboxylic acids is 1. The van der Waals surface area contributed by atoms with Crippen LogP contribution in [0.5, 0.6) is 0 Å². The van der Waals surface area contributed by atoms with Gasteiger partial charge in [-0.2, -0.15) is 0 Å². The van der Waals surface area contributed by atoms with Gasteiger partial charge in [-0.15, -0.1) is 11.3 Å². The number of nitrogens with one attached hydrogen (secondary N) is 1. The van der Waals surface area contributed by atoms with Crippen molar-refractivity contribution < 1.29 is 27.1 Å². The van der Waals surface area contributed by atoms with Crippen molar-refractivity contribution in [3.63, 3.8) is 0 Å². The van der Waals surface area contributed by atoms with Gasteiger partial charge >= 0.3 is 5.97 Å². The van der Waals surface area contributed by atoms with Crippen LogP contribution < -0.4 is 4.72 Å². The van der Waals surface area contributed by atoms with Crippen LogP contribution in [0.15, 0.2) is 34.5 Å². The van der Waals surface area contributed by atoms with E-state index in [0.29, 0.717) is 6.07 Å². The van der Waals surface area contributed by atoms with E-state index in [4.69, 9.17) is 5.11 Å². The highest BCUT2D eigenvalue weighted by Crippen LogP contribution is 2.23. The molecule has 0 bridgehead atoms. The Hall–Kier alpha value is -2.00. The molecular weight excluding hydrogens is 312 g/mol. The Morgan fingerprint density at radius 2 is 1.95 bits per heavy atom. The van der Waals surface area contributed by atoms with E-state index in [0.717, 1.165) is 34.9 Å². The second kappa shape index (κ2) is 5.17. The molecule has 9 heteroatoms. The first-order valence-corrected chi connectivity index (χ1v) is 7.45. The molecule has 0 saturated heterocycles. The van der Waals surface area contributed by atoms with E-state index in [1.807, 2.05) is 4.72 Å². The number of hydrogen-bond donors (Lipinski definition) is 2. The Morgan fingerprint density at radius 3 is 2.50 bits per heavy atom. The summed E-state index contributed by atoms with van der Waals surface area (Å²) in [7, 11) is -4.13. The zero-order valence-corrected chi connectivity index (χ0v) is 11.3. The summed E-state index contributed by atoms with van der Waals surface area (Å²) in [6, 6.07) is 3.33. The maximum Gasteiger partial charge on any atom is 0.345 e. The van der Waals surface area contributed by atoms with Gasteiger partial charge in [0, 0.05) is 11.4 Å². The van der Waals surface area contributed by atoms with E-state index >= 15 is 0 Å². The molecule has 1 heterocycles. The quantitative estimate of drug-likeness (QED) is 0.907. The van der Waals surface area contributed by atoms with Gasteiger partial charge in [0.25, 0.3) is 10.0 Å². The molecule has 2 aromatic rings. The molecule has 0 radical (unpaired) electrons. The van der Waals surface area contributed by atoms with E-state index in [-0.39, 0.29) is 9.77 Å². The van der Waals surface area contributed by atoms with Gasteiger partial charge < -0.3 is 5.11 Å². The predicted octanol–water partition coefficient (Wildman–Crippen LogP) is 2.53. The predicted molar refractivity (Wildman–Crippen MR) is 68.4 cm³/mol. The first kappa shape index (κ1) is 14.4. The lowest BCUT2D eigenvalue weighted by Gasteiger charge is -2.07. The number of sulfonamides is 1. The largest absolute Gasteiger partial charge is 0.477 e. The van der Waals surface area contributed by atoms with Crippen molar-refractivity contribution in [2.24, 2.45) is 0 Å². The Morgan fingerprint density at radius 1 is 1.25 bits per heavy atom. The van der Waals surface area contributed by atoms with Crippen molar-refractivity contribution in [2.75, 3.05) is 4.72 Å². The number of aromatic carboxylic acids is 1. The molecule has 5 nitrogen and oxygen atoms in total. The molecule has 1 aromatic carbocycles. The molecule has 0 saturated carbocycles. The highest BCUT2D eigenvalue weighted by atomic mass is 32.2. The Balaban J connectivity index is 2.33. The third-order valence-corrected chi connectivity index (χ3v) is 4.68. The highest BCUT2D eigenvalue weighted by molar-refractivity contribution is 7.92. The summed E-state index contributed by atoms with van der Waals surface area (Å²) in [4.78, 5) is 10.2. The van der Waals surface area contributed by atoms with E-state index < -0.39 is 33.3 Å². The van der Waals surface area contributed by atoms with Crippen LogP contribution in [0.25, 0.3) is 0 Å². The summed E-state index contributed by atoms with van der Waals surface area (Å²) < 4.78 is 51.8. The average Bonchev–Trinajstić information content (AvgIpc) is 2.83. The van der Waals surface area contributed by atoms with Crippen LogP contribution in [0.1, 0.15) is 9.67 Å². The van der Waals surface area contributed by atoms with Gasteiger partial charge in [0.1, 0.15) is 16.5 Å². The minimum Gasteiger partial charge on any atom is -0.477 e.